The van der Waals surface area contributed by atoms with E-state index in [-0.39, 0.29) is 5.91 Å². The van der Waals surface area contributed by atoms with Crippen LogP contribution in [0.5, 0.6) is 0 Å². The Morgan fingerprint density at radius 3 is 2.40 bits per heavy atom. The molecule has 0 aromatic carbocycles. The minimum atomic E-state index is -0.530. The van der Waals surface area contributed by atoms with Gasteiger partial charge in [-0.1, -0.05) is 32.0 Å². The van der Waals surface area contributed by atoms with Crippen LogP contribution >= 0.6 is 12.2 Å². The maximum absolute atomic E-state index is 12.1. The van der Waals surface area contributed by atoms with E-state index in [2.05, 4.69) is 12.2 Å². The highest BCUT2D eigenvalue weighted by molar-refractivity contribution is 7.80. The van der Waals surface area contributed by atoms with Crippen LogP contribution < -0.4 is 11.1 Å². The first-order valence-electron chi connectivity index (χ1n) is 5.67. The van der Waals surface area contributed by atoms with Crippen molar-refractivity contribution in [3.63, 3.8) is 0 Å². The second-order valence-corrected chi connectivity index (χ2v) is 5.39. The van der Waals surface area contributed by atoms with Crippen molar-refractivity contribution in [2.24, 2.45) is 17.1 Å². The zero-order chi connectivity index (χ0) is 11.1. The molecule has 2 unspecified atom stereocenters. The van der Waals surface area contributed by atoms with Crippen molar-refractivity contribution in [1.29, 1.82) is 0 Å². The topological polar surface area (TPSA) is 55.1 Å². The third kappa shape index (κ3) is 1.87. The summed E-state index contributed by atoms with van der Waals surface area (Å²) in [6.45, 7) is 2.15. The zero-order valence-corrected chi connectivity index (χ0v) is 9.90. The van der Waals surface area contributed by atoms with Crippen LogP contribution in [0.4, 0.5) is 0 Å². The van der Waals surface area contributed by atoms with Gasteiger partial charge in [-0.25, -0.2) is 0 Å². The molecule has 0 radical (unpaired) electrons. The van der Waals surface area contributed by atoms with Gasteiger partial charge >= 0.3 is 0 Å². The standard InChI is InChI=1S/C11H18N2OS/c1-7-6-8(7)13-10(14)11(9(12)15)4-2-3-5-11/h7-8H,2-6H2,1H3,(H2,12,15)(H,13,14). The first-order valence-corrected chi connectivity index (χ1v) is 6.08. The summed E-state index contributed by atoms with van der Waals surface area (Å²) >= 11 is 5.06. The molecule has 3 nitrogen and oxygen atoms in total. The first-order chi connectivity index (χ1) is 7.06. The highest BCUT2D eigenvalue weighted by Gasteiger charge is 2.46. The predicted octanol–water partition coefficient (Wildman–Crippen LogP) is 1.36. The summed E-state index contributed by atoms with van der Waals surface area (Å²) in [5.74, 6) is 0.695. The van der Waals surface area contributed by atoms with E-state index >= 15 is 0 Å². The Bertz CT molecular complexity index is 297. The quantitative estimate of drug-likeness (QED) is 0.714. The fourth-order valence-electron chi connectivity index (χ4n) is 2.39. The van der Waals surface area contributed by atoms with Crippen LogP contribution in [0.25, 0.3) is 0 Å². The highest BCUT2D eigenvalue weighted by Crippen LogP contribution is 2.40. The van der Waals surface area contributed by atoms with E-state index in [1.807, 2.05) is 0 Å². The minimum Gasteiger partial charge on any atom is -0.392 e. The van der Waals surface area contributed by atoms with E-state index in [9.17, 15) is 4.79 Å². The molecule has 0 spiro atoms. The van der Waals surface area contributed by atoms with E-state index in [1.54, 1.807) is 0 Å². The molecule has 2 fully saturated rings. The van der Waals surface area contributed by atoms with Crippen molar-refractivity contribution < 1.29 is 4.79 Å². The Balaban J connectivity index is 2.04. The average Bonchev–Trinajstić information content (AvgIpc) is 2.72. The molecule has 0 saturated heterocycles. The van der Waals surface area contributed by atoms with Gasteiger partial charge in [0.15, 0.2) is 0 Å². The van der Waals surface area contributed by atoms with Gasteiger partial charge < -0.3 is 11.1 Å². The Hall–Kier alpha value is -0.640. The summed E-state index contributed by atoms with van der Waals surface area (Å²) in [6, 6.07) is 0.365. The van der Waals surface area contributed by atoms with Crippen LogP contribution in [-0.2, 0) is 4.79 Å². The van der Waals surface area contributed by atoms with Gasteiger partial charge in [-0.2, -0.15) is 0 Å². The lowest BCUT2D eigenvalue weighted by Gasteiger charge is -2.26. The van der Waals surface area contributed by atoms with Gasteiger partial charge in [0.2, 0.25) is 5.91 Å². The van der Waals surface area contributed by atoms with Crippen LogP contribution in [0.1, 0.15) is 39.0 Å². The molecule has 15 heavy (non-hydrogen) atoms. The molecule has 2 saturated carbocycles. The summed E-state index contributed by atoms with van der Waals surface area (Å²) in [7, 11) is 0. The van der Waals surface area contributed by atoms with Gasteiger partial charge in [0.05, 0.1) is 10.4 Å². The molecule has 0 heterocycles. The first kappa shape index (κ1) is 10.9. The SMILES string of the molecule is CC1CC1NC(=O)C1(C(N)=S)CCCC1. The summed E-state index contributed by atoms with van der Waals surface area (Å²) < 4.78 is 0. The van der Waals surface area contributed by atoms with Crippen molar-refractivity contribution in [2.75, 3.05) is 0 Å². The number of nitrogens with one attached hydrogen (secondary N) is 1. The average molecular weight is 226 g/mol. The maximum Gasteiger partial charge on any atom is 0.233 e. The van der Waals surface area contributed by atoms with Crippen molar-refractivity contribution in [3.8, 4) is 0 Å². The van der Waals surface area contributed by atoms with Crippen LogP contribution in [0.15, 0.2) is 0 Å². The van der Waals surface area contributed by atoms with Crippen LogP contribution in [0.2, 0.25) is 0 Å². The van der Waals surface area contributed by atoms with E-state index in [0.29, 0.717) is 16.9 Å². The highest BCUT2D eigenvalue weighted by atomic mass is 32.1. The number of hydrogen-bond donors (Lipinski definition) is 2. The Kier molecular flexibility index (Phi) is 2.71. The molecule has 0 aromatic heterocycles. The Morgan fingerprint density at radius 1 is 1.47 bits per heavy atom. The van der Waals surface area contributed by atoms with Gasteiger partial charge in [-0.15, -0.1) is 0 Å². The normalized spacial score (nSPS) is 32.3. The number of carbonyl (C=O) groups excluding carboxylic acids is 1. The van der Waals surface area contributed by atoms with E-state index in [0.717, 1.165) is 32.1 Å². The molecule has 0 aromatic rings. The number of carbonyl (C=O) groups is 1. The molecular formula is C11H18N2OS. The van der Waals surface area contributed by atoms with Crippen molar-refractivity contribution in [3.05, 3.63) is 0 Å². The second kappa shape index (κ2) is 3.74. The number of nitrogens with two attached hydrogens (primary N) is 1. The van der Waals surface area contributed by atoms with Gasteiger partial charge in [0, 0.05) is 6.04 Å². The third-order valence-electron chi connectivity index (χ3n) is 3.79. The molecular weight excluding hydrogens is 208 g/mol. The summed E-state index contributed by atoms with van der Waals surface area (Å²) in [5, 5.41) is 3.06. The monoisotopic (exact) mass is 226 g/mol. The molecule has 2 aliphatic rings. The third-order valence-corrected chi connectivity index (χ3v) is 4.18. The number of thiocarbonyl (C=S) groups is 1. The molecule has 0 aliphatic heterocycles. The largest absolute Gasteiger partial charge is 0.392 e. The maximum atomic E-state index is 12.1. The van der Waals surface area contributed by atoms with Gasteiger partial charge in [0.25, 0.3) is 0 Å². The molecule has 1 amide bonds. The van der Waals surface area contributed by atoms with Crippen LogP contribution in [0.3, 0.4) is 0 Å². The van der Waals surface area contributed by atoms with Crippen molar-refractivity contribution in [2.45, 2.75) is 45.1 Å². The molecule has 2 aliphatic carbocycles. The summed E-state index contributed by atoms with van der Waals surface area (Å²) in [5.41, 5.74) is 5.20. The number of amides is 1. The van der Waals surface area contributed by atoms with Gasteiger partial charge in [-0.05, 0) is 25.2 Å². The molecule has 84 valence electrons. The predicted molar refractivity (Wildman–Crippen MR) is 63.4 cm³/mol. The molecule has 3 N–H and O–H groups in total. The molecule has 2 atom stereocenters. The Morgan fingerprint density at radius 2 is 2.00 bits per heavy atom. The van der Waals surface area contributed by atoms with Gasteiger partial charge in [-0.3, -0.25) is 4.79 Å². The smallest absolute Gasteiger partial charge is 0.233 e. The molecule has 2 rings (SSSR count). The fraction of sp³-hybridized carbons (Fsp3) is 0.818. The lowest BCUT2D eigenvalue weighted by Crippen LogP contribution is -2.48. The van der Waals surface area contributed by atoms with Crippen molar-refractivity contribution >= 4 is 23.1 Å². The zero-order valence-electron chi connectivity index (χ0n) is 9.08. The van der Waals surface area contributed by atoms with Crippen LogP contribution in [-0.4, -0.2) is 16.9 Å². The lowest BCUT2D eigenvalue weighted by molar-refractivity contribution is -0.127. The molecule has 0 bridgehead atoms. The van der Waals surface area contributed by atoms with E-state index in [4.69, 9.17) is 18.0 Å². The van der Waals surface area contributed by atoms with Gasteiger partial charge in [0.1, 0.15) is 0 Å². The number of rotatable bonds is 3. The molecule has 4 heteroatoms. The van der Waals surface area contributed by atoms with E-state index in [1.165, 1.54) is 0 Å². The lowest BCUT2D eigenvalue weighted by atomic mass is 9.85. The summed E-state index contributed by atoms with van der Waals surface area (Å²) in [4.78, 5) is 12.5. The van der Waals surface area contributed by atoms with Crippen LogP contribution in [0, 0.1) is 11.3 Å². The fourth-order valence-corrected chi connectivity index (χ4v) is 2.69. The minimum absolute atomic E-state index is 0.0712. The van der Waals surface area contributed by atoms with E-state index < -0.39 is 5.41 Å². The Labute approximate surface area is 95.8 Å². The second-order valence-electron chi connectivity index (χ2n) is 4.95. The summed E-state index contributed by atoms with van der Waals surface area (Å²) in [6.07, 6.45) is 4.87. The number of hydrogen-bond acceptors (Lipinski definition) is 2. The van der Waals surface area contributed by atoms with Crippen molar-refractivity contribution in [1.82, 2.24) is 5.32 Å².